The Morgan fingerprint density at radius 3 is 2.61 bits per heavy atom. The molecule has 5 nitrogen and oxygen atoms in total. The van der Waals surface area contributed by atoms with Crippen LogP contribution in [0, 0.1) is 5.92 Å². The van der Waals surface area contributed by atoms with E-state index in [0.29, 0.717) is 12.1 Å². The van der Waals surface area contributed by atoms with Gasteiger partial charge in [-0.15, -0.1) is 0 Å². The number of carbonyl (C=O) groups excluding carboxylic acids is 1. The molecule has 0 fully saturated rings. The van der Waals surface area contributed by atoms with Gasteiger partial charge in [-0.25, -0.2) is 8.42 Å². The summed E-state index contributed by atoms with van der Waals surface area (Å²) in [6.45, 7) is 3.89. The molecule has 2 rings (SSSR count). The lowest BCUT2D eigenvalue weighted by atomic mass is 10.0. The van der Waals surface area contributed by atoms with Crippen molar-refractivity contribution in [2.75, 3.05) is 5.32 Å². The normalized spacial score (nSPS) is 22.2. The van der Waals surface area contributed by atoms with Crippen LogP contribution >= 0.6 is 0 Å². The van der Waals surface area contributed by atoms with Gasteiger partial charge in [0.25, 0.3) is 0 Å². The van der Waals surface area contributed by atoms with Crippen molar-refractivity contribution in [2.45, 2.75) is 31.2 Å². The highest BCUT2D eigenvalue weighted by Crippen LogP contribution is 2.24. The summed E-state index contributed by atoms with van der Waals surface area (Å²) in [7, 11) is -3.64. The van der Waals surface area contributed by atoms with Crippen molar-refractivity contribution in [3.63, 3.8) is 0 Å². The van der Waals surface area contributed by atoms with Crippen LogP contribution in [0.25, 0.3) is 0 Å². The highest BCUT2D eigenvalue weighted by atomic mass is 32.2. The Labute approximate surface area is 107 Å². The third kappa shape index (κ3) is 2.54. The molecule has 0 saturated heterocycles. The molecule has 98 valence electrons. The number of nitrogens with one attached hydrogen (secondary N) is 2. The van der Waals surface area contributed by atoms with Gasteiger partial charge >= 0.3 is 0 Å². The first kappa shape index (κ1) is 13.0. The lowest BCUT2D eigenvalue weighted by Crippen LogP contribution is -2.41. The van der Waals surface area contributed by atoms with E-state index in [9.17, 15) is 13.2 Å². The van der Waals surface area contributed by atoms with Crippen molar-refractivity contribution in [1.29, 1.82) is 0 Å². The van der Waals surface area contributed by atoms with Crippen LogP contribution in [0.1, 0.15) is 20.3 Å². The van der Waals surface area contributed by atoms with E-state index in [1.807, 2.05) is 13.8 Å². The Hall–Kier alpha value is -1.40. The monoisotopic (exact) mass is 268 g/mol. The minimum Gasteiger partial charge on any atom is -0.323 e. The van der Waals surface area contributed by atoms with E-state index in [1.165, 1.54) is 6.07 Å². The lowest BCUT2D eigenvalue weighted by molar-refractivity contribution is -0.118. The lowest BCUT2D eigenvalue weighted by Gasteiger charge is -2.15. The molecule has 6 heteroatoms. The van der Waals surface area contributed by atoms with E-state index in [1.54, 1.807) is 18.2 Å². The Morgan fingerprint density at radius 2 is 1.94 bits per heavy atom. The molecular formula is C12H16N2O3S. The molecule has 0 aromatic heterocycles. The number of carbonyl (C=O) groups is 1. The maximum absolute atomic E-state index is 12.1. The van der Waals surface area contributed by atoms with Crippen LogP contribution in [0.2, 0.25) is 0 Å². The van der Waals surface area contributed by atoms with Crippen molar-refractivity contribution >= 4 is 21.6 Å². The second kappa shape index (κ2) is 4.70. The molecule has 1 heterocycles. The highest BCUT2D eigenvalue weighted by Gasteiger charge is 2.32. The minimum absolute atomic E-state index is 0.115. The zero-order valence-electron chi connectivity index (χ0n) is 10.3. The van der Waals surface area contributed by atoms with Gasteiger partial charge in [0.05, 0.1) is 5.69 Å². The van der Waals surface area contributed by atoms with E-state index >= 15 is 0 Å². The fraction of sp³-hybridized carbons (Fsp3) is 0.417. The molecule has 0 spiro atoms. The summed E-state index contributed by atoms with van der Waals surface area (Å²) >= 11 is 0. The summed E-state index contributed by atoms with van der Waals surface area (Å²) in [6.07, 6.45) is 0.471. The van der Waals surface area contributed by atoms with Crippen molar-refractivity contribution < 1.29 is 13.2 Å². The number of hydrogen-bond donors (Lipinski definition) is 2. The summed E-state index contributed by atoms with van der Waals surface area (Å²) in [5, 5.41) is 2.65. The maximum Gasteiger partial charge on any atom is 0.243 e. The molecule has 1 unspecified atom stereocenters. The van der Waals surface area contributed by atoms with Crippen molar-refractivity contribution in [3.05, 3.63) is 24.3 Å². The Kier molecular flexibility index (Phi) is 3.41. The molecule has 2 N–H and O–H groups in total. The molecule has 1 aliphatic heterocycles. The van der Waals surface area contributed by atoms with Crippen LogP contribution in [0.5, 0.6) is 0 Å². The average Bonchev–Trinajstić information content (AvgIpc) is 2.35. The predicted octanol–water partition coefficient (Wildman–Crippen LogP) is 1.33. The quantitative estimate of drug-likeness (QED) is 0.849. The molecule has 0 saturated carbocycles. The predicted molar refractivity (Wildman–Crippen MR) is 68.6 cm³/mol. The second-order valence-electron chi connectivity index (χ2n) is 4.79. The highest BCUT2D eigenvalue weighted by molar-refractivity contribution is 7.89. The molecule has 1 amide bonds. The number of anilines is 1. The fourth-order valence-corrected chi connectivity index (χ4v) is 3.33. The third-order valence-electron chi connectivity index (χ3n) is 2.76. The van der Waals surface area contributed by atoms with Gasteiger partial charge in [0.1, 0.15) is 10.9 Å². The topological polar surface area (TPSA) is 75.3 Å². The van der Waals surface area contributed by atoms with Gasteiger partial charge in [-0.05, 0) is 24.5 Å². The molecule has 18 heavy (non-hydrogen) atoms. The number of hydrogen-bond acceptors (Lipinski definition) is 3. The van der Waals surface area contributed by atoms with Crippen LogP contribution in [-0.4, -0.2) is 20.4 Å². The fourth-order valence-electron chi connectivity index (χ4n) is 1.95. The number of benzene rings is 1. The van der Waals surface area contributed by atoms with Crippen LogP contribution in [0.15, 0.2) is 29.2 Å². The van der Waals surface area contributed by atoms with E-state index in [0.717, 1.165) is 0 Å². The second-order valence-corrected chi connectivity index (χ2v) is 6.47. The number of para-hydroxylation sites is 1. The summed E-state index contributed by atoms with van der Waals surface area (Å²) in [5.74, 6) is -0.0816. The van der Waals surface area contributed by atoms with Gasteiger partial charge in [-0.3, -0.25) is 4.79 Å². The first-order valence-corrected chi connectivity index (χ1v) is 7.30. The van der Waals surface area contributed by atoms with Crippen molar-refractivity contribution in [3.8, 4) is 0 Å². The van der Waals surface area contributed by atoms with Gasteiger partial charge in [-0.2, -0.15) is 4.72 Å². The van der Waals surface area contributed by atoms with Crippen molar-refractivity contribution in [1.82, 2.24) is 4.72 Å². The number of rotatable bonds is 2. The molecule has 1 aliphatic rings. The first-order chi connectivity index (χ1) is 8.40. The molecule has 0 bridgehead atoms. The number of amides is 1. The zero-order valence-corrected chi connectivity index (χ0v) is 11.1. The van der Waals surface area contributed by atoms with Gasteiger partial charge in [0, 0.05) is 0 Å². The zero-order chi connectivity index (χ0) is 13.3. The first-order valence-electron chi connectivity index (χ1n) is 5.82. The molecule has 1 aromatic carbocycles. The van der Waals surface area contributed by atoms with Gasteiger partial charge in [-0.1, -0.05) is 26.0 Å². The van der Waals surface area contributed by atoms with E-state index in [4.69, 9.17) is 0 Å². The van der Waals surface area contributed by atoms with Crippen LogP contribution in [0.3, 0.4) is 0 Å². The summed E-state index contributed by atoms with van der Waals surface area (Å²) in [5.41, 5.74) is 0.334. The minimum atomic E-state index is -3.64. The van der Waals surface area contributed by atoms with Gasteiger partial charge in [0.2, 0.25) is 15.9 Å². The largest absolute Gasteiger partial charge is 0.323 e. The Bertz CT molecular complexity index is 566. The van der Waals surface area contributed by atoms with E-state index in [2.05, 4.69) is 10.0 Å². The van der Waals surface area contributed by atoms with Gasteiger partial charge < -0.3 is 5.32 Å². The summed E-state index contributed by atoms with van der Waals surface area (Å²) in [6, 6.07) is 5.67. The van der Waals surface area contributed by atoms with E-state index < -0.39 is 16.1 Å². The third-order valence-corrected chi connectivity index (χ3v) is 4.29. The SMILES string of the molecule is CC(C)CC1NS(=O)(=O)c2ccccc2NC1=O. The summed E-state index contributed by atoms with van der Waals surface area (Å²) in [4.78, 5) is 12.1. The number of sulfonamides is 1. The molecule has 0 aliphatic carbocycles. The molecule has 0 radical (unpaired) electrons. The Morgan fingerprint density at radius 1 is 1.28 bits per heavy atom. The molecular weight excluding hydrogens is 252 g/mol. The Balaban J connectivity index is 2.42. The van der Waals surface area contributed by atoms with Crippen LogP contribution in [0.4, 0.5) is 5.69 Å². The standard InChI is InChI=1S/C12H16N2O3S/c1-8(2)7-10-12(15)13-9-5-3-4-6-11(9)18(16,17)14-10/h3-6,8,10,14H,7H2,1-2H3,(H,13,15). The van der Waals surface area contributed by atoms with Crippen molar-refractivity contribution in [2.24, 2.45) is 5.92 Å². The molecule has 1 atom stereocenters. The average molecular weight is 268 g/mol. The molecule has 1 aromatic rings. The van der Waals surface area contributed by atoms with E-state index in [-0.39, 0.29) is 16.7 Å². The smallest absolute Gasteiger partial charge is 0.243 e. The maximum atomic E-state index is 12.1. The summed E-state index contributed by atoms with van der Waals surface area (Å²) < 4.78 is 26.7. The van der Waals surface area contributed by atoms with Crippen LogP contribution in [-0.2, 0) is 14.8 Å². The number of fused-ring (bicyclic) bond motifs is 1. The van der Waals surface area contributed by atoms with Crippen LogP contribution < -0.4 is 10.0 Å². The van der Waals surface area contributed by atoms with Gasteiger partial charge in [0.15, 0.2) is 0 Å².